The van der Waals surface area contributed by atoms with Crippen molar-refractivity contribution in [1.29, 1.82) is 5.26 Å². The van der Waals surface area contributed by atoms with Gasteiger partial charge in [0.2, 0.25) is 0 Å². The van der Waals surface area contributed by atoms with Crippen molar-refractivity contribution < 1.29 is 9.90 Å². The lowest BCUT2D eigenvalue weighted by Gasteiger charge is -2.67. The number of aliphatic hydroxyl groups is 1. The van der Waals surface area contributed by atoms with Crippen LogP contribution in [0, 0.1) is 25.2 Å². The van der Waals surface area contributed by atoms with Gasteiger partial charge in [-0.1, -0.05) is 12.1 Å². The molecule has 0 saturated heterocycles. The minimum absolute atomic E-state index is 0.258. The monoisotopic (exact) mass is 450 g/mol. The van der Waals surface area contributed by atoms with E-state index in [0.29, 0.717) is 41.9 Å². The van der Waals surface area contributed by atoms with Crippen LogP contribution in [0.15, 0.2) is 48.7 Å². The molecule has 3 heterocycles. The smallest absolute Gasteiger partial charge is 0.270 e. The first kappa shape index (κ1) is 20.5. The van der Waals surface area contributed by atoms with E-state index in [0.717, 1.165) is 28.1 Å². The predicted octanol–water partition coefficient (Wildman–Crippen LogP) is 3.34. The number of nitrogens with one attached hydrogen (secondary N) is 1. The van der Waals surface area contributed by atoms with Crippen molar-refractivity contribution in [2.24, 2.45) is 0 Å². The van der Waals surface area contributed by atoms with Gasteiger partial charge < -0.3 is 10.4 Å². The zero-order valence-corrected chi connectivity index (χ0v) is 18.8. The van der Waals surface area contributed by atoms with Crippen molar-refractivity contribution in [3.8, 4) is 28.5 Å². The Morgan fingerprint density at radius 3 is 2.50 bits per heavy atom. The van der Waals surface area contributed by atoms with Gasteiger partial charge >= 0.3 is 0 Å². The molecule has 8 nitrogen and oxygen atoms in total. The van der Waals surface area contributed by atoms with Crippen molar-refractivity contribution in [3.63, 3.8) is 0 Å². The second-order valence-corrected chi connectivity index (χ2v) is 9.62. The third-order valence-corrected chi connectivity index (χ3v) is 6.73. The van der Waals surface area contributed by atoms with E-state index < -0.39 is 5.60 Å². The quantitative estimate of drug-likeness (QED) is 0.493. The van der Waals surface area contributed by atoms with E-state index in [-0.39, 0.29) is 11.4 Å². The lowest BCUT2D eigenvalue weighted by Crippen LogP contribution is -2.78. The Kier molecular flexibility index (Phi) is 4.19. The second kappa shape index (κ2) is 6.95. The van der Waals surface area contributed by atoms with E-state index in [1.54, 1.807) is 28.9 Å². The summed E-state index contributed by atoms with van der Waals surface area (Å²) in [5.74, 6) is -0.258. The fourth-order valence-electron chi connectivity index (χ4n) is 5.41. The van der Waals surface area contributed by atoms with Crippen LogP contribution in [0.1, 0.15) is 46.7 Å². The van der Waals surface area contributed by atoms with Gasteiger partial charge in [-0.25, -0.2) is 9.50 Å². The molecule has 0 spiro atoms. The maximum absolute atomic E-state index is 13.0. The van der Waals surface area contributed by atoms with E-state index in [1.165, 1.54) is 0 Å². The molecule has 4 aromatic rings. The number of nitriles is 1. The van der Waals surface area contributed by atoms with Gasteiger partial charge in [-0.3, -0.25) is 9.78 Å². The first-order chi connectivity index (χ1) is 16.3. The highest BCUT2D eigenvalue weighted by Crippen LogP contribution is 2.60. The Labute approximate surface area is 195 Å². The van der Waals surface area contributed by atoms with Crippen molar-refractivity contribution in [2.75, 3.05) is 0 Å². The molecule has 3 fully saturated rings. The van der Waals surface area contributed by atoms with Gasteiger partial charge in [-0.05, 0) is 69.0 Å². The number of aryl methyl sites for hydroxylation is 2. The van der Waals surface area contributed by atoms with Gasteiger partial charge in [-0.2, -0.15) is 10.4 Å². The third-order valence-electron chi connectivity index (χ3n) is 6.73. The average Bonchev–Trinajstić information content (AvgIpc) is 3.15. The number of amides is 1. The number of nitrogens with zero attached hydrogens (tertiary/aromatic N) is 5. The summed E-state index contributed by atoms with van der Waals surface area (Å²) in [6.07, 6.45) is 3.53. The van der Waals surface area contributed by atoms with Crippen molar-refractivity contribution >= 4 is 11.6 Å². The highest BCUT2D eigenvalue weighted by molar-refractivity contribution is 5.96. The van der Waals surface area contributed by atoms with E-state index in [9.17, 15) is 15.2 Å². The zero-order valence-electron chi connectivity index (χ0n) is 18.8. The van der Waals surface area contributed by atoms with Gasteiger partial charge in [0.15, 0.2) is 5.65 Å². The number of hydrogen-bond acceptors (Lipinski definition) is 6. The first-order valence-electron chi connectivity index (χ1n) is 11.2. The Morgan fingerprint density at radius 1 is 1.09 bits per heavy atom. The first-order valence-corrected chi connectivity index (χ1v) is 11.2. The molecule has 3 aliphatic carbocycles. The van der Waals surface area contributed by atoms with Gasteiger partial charge in [0.25, 0.3) is 5.91 Å². The number of rotatable bonds is 4. The Bertz CT molecular complexity index is 1510. The van der Waals surface area contributed by atoms with Crippen LogP contribution >= 0.6 is 0 Å². The molecule has 0 radical (unpaired) electrons. The van der Waals surface area contributed by atoms with E-state index in [4.69, 9.17) is 10.1 Å². The molecular weight excluding hydrogens is 428 g/mol. The molecule has 2 bridgehead atoms. The minimum atomic E-state index is -0.590. The van der Waals surface area contributed by atoms with Gasteiger partial charge in [0.05, 0.1) is 22.8 Å². The number of carbonyl (C=O) groups excluding carboxylic acids is 1. The summed E-state index contributed by atoms with van der Waals surface area (Å²) in [6.45, 7) is 3.87. The normalized spacial score (nSPS) is 22.5. The molecule has 34 heavy (non-hydrogen) atoms. The Hall–Kier alpha value is -4.09. The lowest BCUT2D eigenvalue weighted by molar-refractivity contribution is -0.215. The van der Waals surface area contributed by atoms with Crippen LogP contribution in [-0.2, 0) is 0 Å². The van der Waals surface area contributed by atoms with Crippen LogP contribution in [-0.4, -0.2) is 41.7 Å². The summed E-state index contributed by atoms with van der Waals surface area (Å²) in [5, 5.41) is 27.2. The highest BCUT2D eigenvalue weighted by Gasteiger charge is 2.68. The van der Waals surface area contributed by atoms with Gasteiger partial charge in [-0.15, -0.1) is 0 Å². The molecule has 1 aromatic carbocycles. The topological polar surface area (TPSA) is 116 Å². The van der Waals surface area contributed by atoms with E-state index in [2.05, 4.69) is 16.4 Å². The summed E-state index contributed by atoms with van der Waals surface area (Å²) in [7, 11) is 0. The predicted molar refractivity (Wildman–Crippen MR) is 125 cm³/mol. The highest BCUT2D eigenvalue weighted by atomic mass is 16.3. The molecule has 2 N–H and O–H groups in total. The molecular formula is C26H22N6O2. The fraction of sp³-hybridized carbons (Fsp3) is 0.269. The summed E-state index contributed by atoms with van der Waals surface area (Å²) < 4.78 is 1.66. The largest absolute Gasteiger partial charge is 0.390 e. The van der Waals surface area contributed by atoms with Gasteiger partial charge in [0.1, 0.15) is 11.4 Å². The van der Waals surface area contributed by atoms with Crippen LogP contribution in [0.4, 0.5) is 0 Å². The molecule has 1 amide bonds. The number of pyridine rings is 1. The second-order valence-electron chi connectivity index (χ2n) is 9.62. The van der Waals surface area contributed by atoms with Crippen LogP contribution in [0.2, 0.25) is 0 Å². The van der Waals surface area contributed by atoms with Crippen LogP contribution in [0.3, 0.4) is 0 Å². The Morgan fingerprint density at radius 2 is 1.82 bits per heavy atom. The van der Waals surface area contributed by atoms with Gasteiger partial charge in [0, 0.05) is 28.7 Å². The maximum atomic E-state index is 13.0. The van der Waals surface area contributed by atoms with Crippen molar-refractivity contribution in [1.82, 2.24) is 24.9 Å². The molecule has 8 heteroatoms. The molecule has 168 valence electrons. The molecule has 0 atom stereocenters. The SMILES string of the molecule is Cc1cc(-c2c(-c3cccc(C#N)c3)nn3ccc(C(=O)NC45CC(O)(C4)C5)nc23)cc(C)n1. The molecule has 3 aliphatic rings. The molecule has 0 unspecified atom stereocenters. The molecule has 7 rings (SSSR count). The summed E-state index contributed by atoms with van der Waals surface area (Å²) in [6, 6.07) is 15.1. The lowest BCUT2D eigenvalue weighted by atomic mass is 9.46. The minimum Gasteiger partial charge on any atom is -0.390 e. The molecule has 0 aliphatic heterocycles. The summed E-state index contributed by atoms with van der Waals surface area (Å²) in [4.78, 5) is 22.2. The van der Waals surface area contributed by atoms with Crippen LogP contribution < -0.4 is 5.32 Å². The number of aromatic nitrogens is 4. The van der Waals surface area contributed by atoms with Crippen molar-refractivity contribution in [2.45, 2.75) is 44.2 Å². The number of hydrogen-bond donors (Lipinski definition) is 2. The fourth-order valence-corrected chi connectivity index (χ4v) is 5.41. The third kappa shape index (κ3) is 3.17. The average molecular weight is 451 g/mol. The number of fused-ring (bicyclic) bond motifs is 1. The number of benzene rings is 1. The number of carbonyl (C=O) groups is 1. The zero-order chi connectivity index (χ0) is 23.7. The standard InChI is InChI=1S/C26H22N6O2/c1-15-8-19(9-16(2)28-15)21-22(18-5-3-4-17(10-18)11-27)31-32-7-6-20(29-23(21)32)24(33)30-25-12-26(34,13-25)14-25/h3-10,34H,12-14H2,1-2H3,(H,30,33). The van der Waals surface area contributed by atoms with E-state index >= 15 is 0 Å². The Balaban J connectivity index is 1.50. The van der Waals surface area contributed by atoms with Crippen LogP contribution in [0.25, 0.3) is 28.0 Å². The van der Waals surface area contributed by atoms with E-state index in [1.807, 2.05) is 38.1 Å². The summed E-state index contributed by atoms with van der Waals surface area (Å²) >= 11 is 0. The molecule has 3 aromatic heterocycles. The van der Waals surface area contributed by atoms with Crippen molar-refractivity contribution in [3.05, 3.63) is 71.3 Å². The molecule has 3 saturated carbocycles. The maximum Gasteiger partial charge on any atom is 0.270 e. The van der Waals surface area contributed by atoms with Crippen LogP contribution in [0.5, 0.6) is 0 Å². The summed E-state index contributed by atoms with van der Waals surface area (Å²) in [5.41, 5.74) is 5.35.